The molecule has 8 heteroatoms. The van der Waals surface area contributed by atoms with E-state index in [2.05, 4.69) is 5.32 Å². The molecule has 3 amide bonds. The number of carbonyl (C=O) groups is 3. The van der Waals surface area contributed by atoms with Gasteiger partial charge in [-0.25, -0.2) is 9.29 Å². The van der Waals surface area contributed by atoms with E-state index in [0.717, 1.165) is 11.3 Å². The van der Waals surface area contributed by atoms with E-state index in [1.807, 2.05) is 4.90 Å². The number of rotatable bonds is 1. The lowest BCUT2D eigenvalue weighted by molar-refractivity contribution is -0.135. The maximum atomic E-state index is 14.5. The van der Waals surface area contributed by atoms with Gasteiger partial charge in [-0.05, 0) is 37.6 Å². The highest BCUT2D eigenvalue weighted by Gasteiger charge is 2.74. The Morgan fingerprint density at radius 3 is 2.67 bits per heavy atom. The Hall–Kier alpha value is -2.77. The number of carbonyl (C=O) groups excluding carboxylic acids is 3. The molecule has 2 aromatic carbocycles. The lowest BCUT2D eigenvalue weighted by Crippen LogP contribution is -2.54. The van der Waals surface area contributed by atoms with Crippen molar-refractivity contribution in [1.82, 2.24) is 4.90 Å². The summed E-state index contributed by atoms with van der Waals surface area (Å²) in [5, 5.41) is 3.24. The standard InChI is InChI=1S/C22H17ClFN3O3/c23-12-6-3-5-11-18(12)25-21(30)22(11)17-16(15-9-4-10-26(15)22)19(28)27(20(17)29)14-8-2-1-7-13(14)24/h1-3,5-8,15-17H,4,9-10H2,(H,25,30)/t15-,16-,17+,22-/m1/s1. The minimum absolute atomic E-state index is 0.0636. The number of halogens is 2. The second-order valence-electron chi connectivity index (χ2n) is 8.25. The third-order valence-electron chi connectivity index (χ3n) is 7.07. The van der Waals surface area contributed by atoms with Crippen LogP contribution in [0, 0.1) is 17.7 Å². The first-order valence-electron chi connectivity index (χ1n) is 9.97. The first-order valence-corrected chi connectivity index (χ1v) is 10.3. The molecule has 3 saturated heterocycles. The third-order valence-corrected chi connectivity index (χ3v) is 7.39. The second kappa shape index (κ2) is 5.89. The fraction of sp³-hybridized carbons (Fsp3) is 0.318. The van der Waals surface area contributed by atoms with Crippen molar-refractivity contribution in [3.63, 3.8) is 0 Å². The van der Waals surface area contributed by atoms with Crippen LogP contribution >= 0.6 is 11.6 Å². The molecule has 4 heterocycles. The Morgan fingerprint density at radius 1 is 1.07 bits per heavy atom. The Kier molecular flexibility index (Phi) is 3.54. The van der Waals surface area contributed by atoms with Gasteiger partial charge in [0.1, 0.15) is 11.4 Å². The zero-order valence-corrected chi connectivity index (χ0v) is 16.5. The summed E-state index contributed by atoms with van der Waals surface area (Å²) in [6.07, 6.45) is 1.52. The summed E-state index contributed by atoms with van der Waals surface area (Å²) in [7, 11) is 0. The minimum Gasteiger partial charge on any atom is -0.323 e. The number of benzene rings is 2. The highest BCUT2D eigenvalue weighted by Crippen LogP contribution is 2.61. The smallest absolute Gasteiger partial charge is 0.250 e. The zero-order valence-electron chi connectivity index (χ0n) is 15.8. The molecule has 0 radical (unpaired) electrons. The predicted molar refractivity (Wildman–Crippen MR) is 107 cm³/mol. The third kappa shape index (κ3) is 1.90. The Labute approximate surface area is 176 Å². The summed E-state index contributed by atoms with van der Waals surface area (Å²) in [5.41, 5.74) is -0.263. The molecule has 0 aromatic heterocycles. The van der Waals surface area contributed by atoms with Crippen LogP contribution in [-0.2, 0) is 19.9 Å². The molecule has 6 nitrogen and oxygen atoms in total. The van der Waals surface area contributed by atoms with E-state index in [1.54, 1.807) is 24.3 Å². The molecule has 3 fully saturated rings. The van der Waals surface area contributed by atoms with E-state index in [0.29, 0.717) is 29.2 Å². The van der Waals surface area contributed by atoms with Crippen LogP contribution in [0.3, 0.4) is 0 Å². The number of amides is 3. The van der Waals surface area contributed by atoms with E-state index < -0.39 is 35.0 Å². The Morgan fingerprint density at radius 2 is 1.87 bits per heavy atom. The van der Waals surface area contributed by atoms with E-state index in [9.17, 15) is 18.8 Å². The van der Waals surface area contributed by atoms with Gasteiger partial charge in [0, 0.05) is 11.6 Å². The minimum atomic E-state index is -1.31. The van der Waals surface area contributed by atoms with Crippen molar-refractivity contribution in [2.75, 3.05) is 16.8 Å². The topological polar surface area (TPSA) is 69.7 Å². The number of nitrogens with one attached hydrogen (secondary N) is 1. The lowest BCUT2D eigenvalue weighted by Gasteiger charge is -2.36. The van der Waals surface area contributed by atoms with Crippen molar-refractivity contribution in [2.45, 2.75) is 24.4 Å². The average Bonchev–Trinajstić information content (AvgIpc) is 3.42. The van der Waals surface area contributed by atoms with Crippen molar-refractivity contribution in [3.8, 4) is 0 Å². The van der Waals surface area contributed by atoms with E-state index in [1.165, 1.54) is 18.2 Å². The molecule has 1 spiro atoms. The molecule has 1 N–H and O–H groups in total. The first kappa shape index (κ1) is 18.0. The van der Waals surface area contributed by atoms with Gasteiger partial charge in [0.15, 0.2) is 0 Å². The summed E-state index contributed by atoms with van der Waals surface area (Å²) in [4.78, 5) is 43.6. The molecule has 2 aromatic rings. The van der Waals surface area contributed by atoms with Gasteiger partial charge in [-0.15, -0.1) is 0 Å². The fourth-order valence-corrected chi connectivity index (χ4v) is 6.29. The van der Waals surface area contributed by atoms with E-state index >= 15 is 0 Å². The van der Waals surface area contributed by atoms with Crippen LogP contribution in [0.4, 0.5) is 15.8 Å². The van der Waals surface area contributed by atoms with Crippen molar-refractivity contribution in [3.05, 3.63) is 58.9 Å². The van der Waals surface area contributed by atoms with Gasteiger partial charge in [-0.1, -0.05) is 35.9 Å². The summed E-state index contributed by atoms with van der Waals surface area (Å²) in [5.74, 6) is -3.58. The molecule has 30 heavy (non-hydrogen) atoms. The van der Waals surface area contributed by atoms with Crippen molar-refractivity contribution in [2.24, 2.45) is 11.8 Å². The maximum absolute atomic E-state index is 14.5. The number of anilines is 2. The van der Waals surface area contributed by atoms with Gasteiger partial charge < -0.3 is 5.32 Å². The molecule has 0 unspecified atom stereocenters. The number of hydrogen-bond donors (Lipinski definition) is 1. The van der Waals surface area contributed by atoms with Gasteiger partial charge in [0.25, 0.3) is 5.91 Å². The van der Waals surface area contributed by atoms with Crippen LogP contribution in [0.1, 0.15) is 18.4 Å². The fourth-order valence-electron chi connectivity index (χ4n) is 6.06. The van der Waals surface area contributed by atoms with Crippen LogP contribution in [0.15, 0.2) is 42.5 Å². The summed E-state index contributed by atoms with van der Waals surface area (Å²) in [6.45, 7) is 0.608. The monoisotopic (exact) mass is 425 g/mol. The molecular formula is C22H17ClFN3O3. The van der Waals surface area contributed by atoms with Gasteiger partial charge in [0.05, 0.1) is 28.2 Å². The van der Waals surface area contributed by atoms with Crippen molar-refractivity contribution in [1.29, 1.82) is 0 Å². The highest BCUT2D eigenvalue weighted by molar-refractivity contribution is 6.35. The molecule has 152 valence electrons. The molecule has 6 rings (SSSR count). The van der Waals surface area contributed by atoms with Crippen molar-refractivity contribution >= 4 is 40.7 Å². The lowest BCUT2D eigenvalue weighted by atomic mass is 9.75. The van der Waals surface area contributed by atoms with Gasteiger partial charge in [-0.2, -0.15) is 0 Å². The predicted octanol–water partition coefficient (Wildman–Crippen LogP) is 2.91. The van der Waals surface area contributed by atoms with Crippen LogP contribution in [0.2, 0.25) is 5.02 Å². The molecule has 0 saturated carbocycles. The van der Waals surface area contributed by atoms with Crippen LogP contribution in [0.5, 0.6) is 0 Å². The van der Waals surface area contributed by atoms with Crippen molar-refractivity contribution < 1.29 is 18.8 Å². The summed E-state index contributed by atoms with van der Waals surface area (Å²) in [6, 6.07) is 10.7. The molecule has 4 aliphatic heterocycles. The molecule has 0 bridgehead atoms. The van der Waals surface area contributed by atoms with Gasteiger partial charge in [-0.3, -0.25) is 19.3 Å². The summed E-state index contributed by atoms with van der Waals surface area (Å²) >= 11 is 6.35. The largest absolute Gasteiger partial charge is 0.323 e. The van der Waals surface area contributed by atoms with E-state index in [-0.39, 0.29) is 17.6 Å². The number of fused-ring (bicyclic) bond motifs is 7. The van der Waals surface area contributed by atoms with Crippen LogP contribution in [0.25, 0.3) is 0 Å². The Bertz CT molecular complexity index is 1150. The number of hydrogen-bond acceptors (Lipinski definition) is 4. The summed E-state index contributed by atoms with van der Waals surface area (Å²) < 4.78 is 14.5. The molecule has 4 atom stereocenters. The van der Waals surface area contributed by atoms with Crippen LogP contribution in [-0.4, -0.2) is 35.2 Å². The molecular weight excluding hydrogens is 409 g/mol. The molecule has 0 aliphatic carbocycles. The Balaban J connectivity index is 1.59. The number of nitrogens with zero attached hydrogens (tertiary/aromatic N) is 2. The first-order chi connectivity index (χ1) is 14.5. The number of para-hydroxylation sites is 2. The maximum Gasteiger partial charge on any atom is 0.250 e. The SMILES string of the molecule is O=C1[C@@H]2[C@H]3CCCN3[C@@]3(C(=O)Nc4c(Cl)cccc43)[C@@H]2C(=O)N1c1ccccc1F. The van der Waals surface area contributed by atoms with Crippen LogP contribution < -0.4 is 10.2 Å². The average molecular weight is 426 g/mol. The molecule has 4 aliphatic rings. The van der Waals surface area contributed by atoms with Gasteiger partial charge in [0.2, 0.25) is 11.8 Å². The normalized spacial score (nSPS) is 32.0. The zero-order chi connectivity index (χ0) is 20.8. The highest BCUT2D eigenvalue weighted by atomic mass is 35.5. The second-order valence-corrected chi connectivity index (χ2v) is 8.66. The van der Waals surface area contributed by atoms with Gasteiger partial charge >= 0.3 is 0 Å². The number of imide groups is 1. The quantitative estimate of drug-likeness (QED) is 0.713. The van der Waals surface area contributed by atoms with E-state index in [4.69, 9.17) is 11.6 Å².